The van der Waals surface area contributed by atoms with E-state index < -0.39 is 0 Å². The first kappa shape index (κ1) is 16.6. The molecule has 1 amide bonds. The number of aromatic nitrogens is 3. The molecule has 0 radical (unpaired) electrons. The molecular weight excluding hydrogens is 332 g/mol. The van der Waals surface area contributed by atoms with E-state index in [4.69, 9.17) is 21.1 Å². The molecule has 1 saturated heterocycles. The van der Waals surface area contributed by atoms with Gasteiger partial charge in [-0.05, 0) is 12.8 Å². The summed E-state index contributed by atoms with van der Waals surface area (Å²) >= 11 is 6.09. The van der Waals surface area contributed by atoms with Crippen molar-refractivity contribution < 1.29 is 14.3 Å². The van der Waals surface area contributed by atoms with Crippen molar-refractivity contribution in [1.82, 2.24) is 19.7 Å². The van der Waals surface area contributed by atoms with Gasteiger partial charge in [-0.25, -0.2) is 0 Å². The number of carbonyl (C=O) groups is 1. The number of carbonyl (C=O) groups excluding carboxylic acids is 1. The normalized spacial score (nSPS) is 17.6. The lowest BCUT2D eigenvalue weighted by Crippen LogP contribution is -2.44. The van der Waals surface area contributed by atoms with Crippen LogP contribution >= 0.6 is 11.6 Å². The molecule has 2 aromatic heterocycles. The van der Waals surface area contributed by atoms with Crippen molar-refractivity contribution in [2.45, 2.75) is 18.9 Å². The molecule has 7 nitrogen and oxygen atoms in total. The van der Waals surface area contributed by atoms with Crippen LogP contribution in [0.25, 0.3) is 0 Å². The van der Waals surface area contributed by atoms with Gasteiger partial charge in [0.15, 0.2) is 0 Å². The first-order valence-corrected chi connectivity index (χ1v) is 8.09. The molecule has 0 spiro atoms. The zero-order valence-electron chi connectivity index (χ0n) is 13.6. The van der Waals surface area contributed by atoms with E-state index in [1.54, 1.807) is 41.3 Å². The molecule has 0 aliphatic carbocycles. The maximum Gasteiger partial charge on any atom is 0.261 e. The molecule has 1 aliphatic heterocycles. The van der Waals surface area contributed by atoms with Crippen LogP contribution in [0.3, 0.4) is 0 Å². The van der Waals surface area contributed by atoms with Gasteiger partial charge in [-0.2, -0.15) is 0 Å². The molecule has 8 heteroatoms. The average molecular weight is 351 g/mol. The van der Waals surface area contributed by atoms with Crippen LogP contribution in [-0.4, -0.2) is 51.9 Å². The summed E-state index contributed by atoms with van der Waals surface area (Å²) < 4.78 is 12.7. The highest BCUT2D eigenvalue weighted by atomic mass is 35.5. The first-order chi connectivity index (χ1) is 11.6. The van der Waals surface area contributed by atoms with Gasteiger partial charge in [0.25, 0.3) is 5.91 Å². The number of rotatable bonds is 4. The predicted octanol–water partition coefficient (Wildman–Crippen LogP) is 2.16. The Labute approximate surface area is 145 Å². The summed E-state index contributed by atoms with van der Waals surface area (Å²) in [4.78, 5) is 18.5. The number of pyridine rings is 1. The van der Waals surface area contributed by atoms with Crippen LogP contribution in [0, 0.1) is 0 Å². The fraction of sp³-hybridized carbons (Fsp3) is 0.438. The van der Waals surface area contributed by atoms with Crippen molar-refractivity contribution in [3.63, 3.8) is 0 Å². The number of piperidine rings is 1. The lowest BCUT2D eigenvalue weighted by Gasteiger charge is -2.32. The molecule has 3 rings (SSSR count). The largest absolute Gasteiger partial charge is 0.487 e. The Morgan fingerprint density at radius 3 is 3.04 bits per heavy atom. The standard InChI is InChI=1S/C16H19ClN4O3/c1-20-10-12(15(19-20)23-2)16(22)21-7-3-4-11(9-21)24-14-5-6-18-8-13(14)17/h5-6,8,10-11H,3-4,7,9H2,1-2H3. The summed E-state index contributed by atoms with van der Waals surface area (Å²) in [6, 6.07) is 1.73. The number of hydrogen-bond acceptors (Lipinski definition) is 5. The van der Waals surface area contributed by atoms with E-state index in [9.17, 15) is 4.79 Å². The molecule has 128 valence electrons. The van der Waals surface area contributed by atoms with Crippen LogP contribution in [0.15, 0.2) is 24.7 Å². The summed E-state index contributed by atoms with van der Waals surface area (Å²) in [6.45, 7) is 1.18. The van der Waals surface area contributed by atoms with Gasteiger partial charge in [0, 0.05) is 38.2 Å². The van der Waals surface area contributed by atoms with Crippen LogP contribution < -0.4 is 9.47 Å². The van der Waals surface area contributed by atoms with Gasteiger partial charge in [-0.3, -0.25) is 14.5 Å². The highest BCUT2D eigenvalue weighted by Crippen LogP contribution is 2.26. The van der Waals surface area contributed by atoms with Crippen LogP contribution in [0.2, 0.25) is 5.02 Å². The predicted molar refractivity (Wildman–Crippen MR) is 88.6 cm³/mol. The molecule has 1 fully saturated rings. The van der Waals surface area contributed by atoms with E-state index in [1.807, 2.05) is 0 Å². The van der Waals surface area contributed by atoms with Gasteiger partial charge in [0.1, 0.15) is 22.4 Å². The molecule has 0 bridgehead atoms. The SMILES string of the molecule is COc1nn(C)cc1C(=O)N1CCCC(Oc2ccncc2Cl)C1. The van der Waals surface area contributed by atoms with Crippen molar-refractivity contribution in [3.05, 3.63) is 35.2 Å². The molecule has 0 N–H and O–H groups in total. The Kier molecular flexibility index (Phi) is 4.89. The highest BCUT2D eigenvalue weighted by molar-refractivity contribution is 6.31. The van der Waals surface area contributed by atoms with Crippen molar-refractivity contribution in [2.75, 3.05) is 20.2 Å². The van der Waals surface area contributed by atoms with E-state index in [2.05, 4.69) is 10.1 Å². The maximum absolute atomic E-state index is 12.8. The Hall–Kier alpha value is -2.28. The Morgan fingerprint density at radius 2 is 2.29 bits per heavy atom. The third-order valence-corrected chi connectivity index (χ3v) is 4.20. The van der Waals surface area contributed by atoms with Crippen LogP contribution in [0.1, 0.15) is 23.2 Å². The molecule has 1 unspecified atom stereocenters. The minimum atomic E-state index is -0.106. The van der Waals surface area contributed by atoms with Crippen LogP contribution in [-0.2, 0) is 7.05 Å². The molecule has 1 atom stereocenters. The number of amides is 1. The first-order valence-electron chi connectivity index (χ1n) is 7.71. The molecule has 0 aromatic carbocycles. The zero-order chi connectivity index (χ0) is 17.1. The van der Waals surface area contributed by atoms with Gasteiger partial charge < -0.3 is 14.4 Å². The molecule has 3 heterocycles. The molecule has 2 aromatic rings. The Bertz CT molecular complexity index is 734. The summed E-state index contributed by atoms with van der Waals surface area (Å²) in [7, 11) is 3.26. The number of hydrogen-bond donors (Lipinski definition) is 0. The smallest absolute Gasteiger partial charge is 0.261 e. The van der Waals surface area contributed by atoms with Gasteiger partial charge in [-0.1, -0.05) is 11.6 Å². The third-order valence-electron chi connectivity index (χ3n) is 3.91. The van der Waals surface area contributed by atoms with Gasteiger partial charge >= 0.3 is 0 Å². The molecule has 24 heavy (non-hydrogen) atoms. The maximum atomic E-state index is 12.8. The molecular formula is C16H19ClN4O3. The zero-order valence-corrected chi connectivity index (χ0v) is 14.4. The van der Waals surface area contributed by atoms with E-state index in [1.165, 1.54) is 7.11 Å². The van der Waals surface area contributed by atoms with E-state index in [-0.39, 0.29) is 12.0 Å². The van der Waals surface area contributed by atoms with Crippen molar-refractivity contribution in [1.29, 1.82) is 0 Å². The van der Waals surface area contributed by atoms with Gasteiger partial charge in [0.2, 0.25) is 5.88 Å². The fourth-order valence-corrected chi connectivity index (χ4v) is 2.96. The Balaban J connectivity index is 1.71. The number of likely N-dealkylation sites (tertiary alicyclic amines) is 1. The number of nitrogens with zero attached hydrogens (tertiary/aromatic N) is 4. The summed E-state index contributed by atoms with van der Waals surface area (Å²) in [5.74, 6) is 0.821. The topological polar surface area (TPSA) is 69.5 Å². The second-order valence-corrected chi connectivity index (χ2v) is 6.07. The van der Waals surface area contributed by atoms with Crippen LogP contribution in [0.5, 0.6) is 11.6 Å². The molecule has 1 aliphatic rings. The Morgan fingerprint density at radius 1 is 1.46 bits per heavy atom. The summed E-state index contributed by atoms with van der Waals surface area (Å²) in [5.41, 5.74) is 0.461. The van der Waals surface area contributed by atoms with Crippen LogP contribution in [0.4, 0.5) is 0 Å². The number of halogens is 1. The average Bonchev–Trinajstić information content (AvgIpc) is 2.97. The van der Waals surface area contributed by atoms with Crippen molar-refractivity contribution in [3.8, 4) is 11.6 Å². The lowest BCUT2D eigenvalue weighted by atomic mass is 10.1. The highest BCUT2D eigenvalue weighted by Gasteiger charge is 2.29. The van der Waals surface area contributed by atoms with Gasteiger partial charge in [0.05, 0.1) is 13.7 Å². The number of ether oxygens (including phenoxy) is 2. The summed E-state index contributed by atoms with van der Waals surface area (Å²) in [6.07, 6.45) is 6.47. The quantitative estimate of drug-likeness (QED) is 0.845. The van der Waals surface area contributed by atoms with E-state index >= 15 is 0 Å². The second kappa shape index (κ2) is 7.09. The minimum absolute atomic E-state index is 0.103. The second-order valence-electron chi connectivity index (χ2n) is 5.67. The van der Waals surface area contributed by atoms with E-state index in [0.29, 0.717) is 35.3 Å². The van der Waals surface area contributed by atoms with Crippen molar-refractivity contribution >= 4 is 17.5 Å². The minimum Gasteiger partial charge on any atom is -0.487 e. The fourth-order valence-electron chi connectivity index (χ4n) is 2.79. The lowest BCUT2D eigenvalue weighted by molar-refractivity contribution is 0.0535. The third kappa shape index (κ3) is 3.46. The van der Waals surface area contributed by atoms with Crippen molar-refractivity contribution in [2.24, 2.45) is 7.05 Å². The molecule has 0 saturated carbocycles. The van der Waals surface area contributed by atoms with E-state index in [0.717, 1.165) is 12.8 Å². The summed E-state index contributed by atoms with van der Waals surface area (Å²) in [5, 5.41) is 4.60. The number of methoxy groups -OCH3 is 1. The number of aryl methyl sites for hydroxylation is 1. The monoisotopic (exact) mass is 350 g/mol. The van der Waals surface area contributed by atoms with Gasteiger partial charge in [-0.15, -0.1) is 5.10 Å².